The third-order valence-electron chi connectivity index (χ3n) is 3.25. The van der Waals surface area contributed by atoms with Crippen molar-refractivity contribution in [1.29, 1.82) is 0 Å². The number of amides is 1. The second kappa shape index (κ2) is 6.82. The highest BCUT2D eigenvalue weighted by Gasteiger charge is 2.19. The van der Waals surface area contributed by atoms with Gasteiger partial charge in [0.1, 0.15) is 10.7 Å². The molecule has 0 aliphatic rings. The normalized spacial score (nSPS) is 12.6. The van der Waals surface area contributed by atoms with Gasteiger partial charge in [0.2, 0.25) is 0 Å². The lowest BCUT2D eigenvalue weighted by Crippen LogP contribution is -2.39. The molecule has 2 aromatic heterocycles. The first kappa shape index (κ1) is 15.7. The third-order valence-corrected chi connectivity index (χ3v) is 4.14. The molecule has 7 heteroatoms. The van der Waals surface area contributed by atoms with E-state index in [0.717, 1.165) is 10.6 Å². The Morgan fingerprint density at radius 2 is 2.29 bits per heavy atom. The molecule has 0 radical (unpaired) electrons. The Bertz CT molecular complexity index is 606. The third kappa shape index (κ3) is 3.89. The average Bonchev–Trinajstić information content (AvgIpc) is 3.06. The lowest BCUT2D eigenvalue weighted by Gasteiger charge is -2.20. The van der Waals surface area contributed by atoms with E-state index in [1.807, 2.05) is 27.1 Å². The van der Waals surface area contributed by atoms with Crippen LogP contribution in [0.4, 0.5) is 0 Å². The molecule has 2 N–H and O–H groups in total. The van der Waals surface area contributed by atoms with Crippen molar-refractivity contribution in [2.24, 2.45) is 13.0 Å². The Balaban J connectivity index is 2.08. The number of rotatable bonds is 6. The molecule has 0 saturated heterocycles. The van der Waals surface area contributed by atoms with Crippen molar-refractivity contribution in [3.63, 3.8) is 0 Å². The SMILES string of the molecule is CC(C)C(CCO)NC(=O)c1csc(-c2cnn(C)c2)n1. The molecule has 0 aromatic carbocycles. The lowest BCUT2D eigenvalue weighted by atomic mass is 10.0. The quantitative estimate of drug-likeness (QED) is 0.851. The fraction of sp³-hybridized carbons (Fsp3) is 0.500. The van der Waals surface area contributed by atoms with Crippen molar-refractivity contribution < 1.29 is 9.90 Å². The molecule has 0 aliphatic heterocycles. The highest BCUT2D eigenvalue weighted by Crippen LogP contribution is 2.23. The van der Waals surface area contributed by atoms with Gasteiger partial charge in [0.15, 0.2) is 0 Å². The van der Waals surface area contributed by atoms with E-state index in [9.17, 15) is 4.79 Å². The fourth-order valence-electron chi connectivity index (χ4n) is 2.00. The Labute approximate surface area is 127 Å². The molecule has 2 rings (SSSR count). The zero-order valence-electron chi connectivity index (χ0n) is 12.4. The fourth-order valence-corrected chi connectivity index (χ4v) is 2.77. The van der Waals surface area contributed by atoms with Crippen molar-refractivity contribution in [3.8, 4) is 10.6 Å². The summed E-state index contributed by atoms with van der Waals surface area (Å²) in [7, 11) is 1.84. The first-order valence-electron chi connectivity index (χ1n) is 6.87. The number of hydrogen-bond donors (Lipinski definition) is 2. The minimum absolute atomic E-state index is 0.0500. The molecule has 1 amide bonds. The first-order valence-corrected chi connectivity index (χ1v) is 7.75. The molecule has 114 valence electrons. The van der Waals surface area contributed by atoms with E-state index in [4.69, 9.17) is 5.11 Å². The van der Waals surface area contributed by atoms with Gasteiger partial charge >= 0.3 is 0 Å². The number of nitrogens with one attached hydrogen (secondary N) is 1. The van der Waals surface area contributed by atoms with Gasteiger partial charge in [-0.05, 0) is 12.3 Å². The van der Waals surface area contributed by atoms with Crippen molar-refractivity contribution >= 4 is 17.2 Å². The van der Waals surface area contributed by atoms with E-state index >= 15 is 0 Å². The van der Waals surface area contributed by atoms with E-state index < -0.39 is 0 Å². The standard InChI is InChI=1S/C14H20N4O2S/c1-9(2)11(4-5-19)16-13(20)12-8-21-14(17-12)10-6-15-18(3)7-10/h6-9,11,19H,4-5H2,1-3H3,(H,16,20). The maximum absolute atomic E-state index is 12.2. The lowest BCUT2D eigenvalue weighted by molar-refractivity contribution is 0.0912. The van der Waals surface area contributed by atoms with Gasteiger partial charge < -0.3 is 10.4 Å². The number of thiazole rings is 1. The summed E-state index contributed by atoms with van der Waals surface area (Å²) in [4.78, 5) is 16.6. The van der Waals surface area contributed by atoms with Crippen LogP contribution >= 0.6 is 11.3 Å². The summed E-state index contributed by atoms with van der Waals surface area (Å²) in [6.07, 6.45) is 4.13. The van der Waals surface area contributed by atoms with Crippen LogP contribution in [0.1, 0.15) is 30.8 Å². The van der Waals surface area contributed by atoms with Crippen LogP contribution in [0.15, 0.2) is 17.8 Å². The van der Waals surface area contributed by atoms with Crippen molar-refractivity contribution in [2.75, 3.05) is 6.61 Å². The van der Waals surface area contributed by atoms with Crippen molar-refractivity contribution in [1.82, 2.24) is 20.1 Å². The average molecular weight is 308 g/mol. The molecule has 2 heterocycles. The maximum Gasteiger partial charge on any atom is 0.271 e. The van der Waals surface area contributed by atoms with Gasteiger partial charge in [-0.3, -0.25) is 9.48 Å². The van der Waals surface area contributed by atoms with Crippen LogP contribution < -0.4 is 5.32 Å². The van der Waals surface area contributed by atoms with Gasteiger partial charge in [-0.25, -0.2) is 4.98 Å². The Kier molecular flexibility index (Phi) is 5.08. The summed E-state index contributed by atoms with van der Waals surface area (Å²) in [5, 5.41) is 18.6. The van der Waals surface area contributed by atoms with Crippen LogP contribution in [-0.4, -0.2) is 38.4 Å². The molecule has 0 saturated carbocycles. The van der Waals surface area contributed by atoms with E-state index in [1.54, 1.807) is 16.3 Å². The number of carbonyl (C=O) groups excluding carboxylic acids is 1. The topological polar surface area (TPSA) is 80.0 Å². The first-order chi connectivity index (χ1) is 10.0. The predicted octanol–water partition coefficient (Wildman–Crippen LogP) is 1.68. The molecular weight excluding hydrogens is 288 g/mol. The number of aliphatic hydroxyl groups excluding tert-OH is 1. The Hall–Kier alpha value is -1.73. The van der Waals surface area contributed by atoms with Crippen LogP contribution in [0.25, 0.3) is 10.6 Å². The van der Waals surface area contributed by atoms with Crippen LogP contribution in [0.2, 0.25) is 0 Å². The number of aliphatic hydroxyl groups is 1. The molecule has 0 spiro atoms. The minimum Gasteiger partial charge on any atom is -0.396 e. The molecule has 21 heavy (non-hydrogen) atoms. The molecule has 0 fully saturated rings. The van der Waals surface area contributed by atoms with Crippen LogP contribution in [0.3, 0.4) is 0 Å². The van der Waals surface area contributed by atoms with Crippen LogP contribution in [-0.2, 0) is 7.05 Å². The number of carbonyl (C=O) groups is 1. The Morgan fingerprint density at radius 1 is 1.52 bits per heavy atom. The second-order valence-corrected chi connectivity index (χ2v) is 6.13. The molecule has 0 aliphatic carbocycles. The number of aromatic nitrogens is 3. The highest BCUT2D eigenvalue weighted by molar-refractivity contribution is 7.13. The number of hydrogen-bond acceptors (Lipinski definition) is 5. The van der Waals surface area contributed by atoms with Gasteiger partial charge in [-0.15, -0.1) is 11.3 Å². The molecule has 0 bridgehead atoms. The van der Waals surface area contributed by atoms with Gasteiger partial charge in [0.05, 0.1) is 6.20 Å². The van der Waals surface area contributed by atoms with E-state index in [0.29, 0.717) is 12.1 Å². The zero-order chi connectivity index (χ0) is 15.4. The van der Waals surface area contributed by atoms with Crippen molar-refractivity contribution in [3.05, 3.63) is 23.5 Å². The Morgan fingerprint density at radius 3 is 2.86 bits per heavy atom. The summed E-state index contributed by atoms with van der Waals surface area (Å²) in [5.41, 5.74) is 1.31. The van der Waals surface area contributed by atoms with Gasteiger partial charge in [0.25, 0.3) is 5.91 Å². The van der Waals surface area contributed by atoms with E-state index in [2.05, 4.69) is 15.4 Å². The number of aryl methyl sites for hydroxylation is 1. The zero-order valence-corrected chi connectivity index (χ0v) is 13.2. The van der Waals surface area contributed by atoms with Gasteiger partial charge in [-0.2, -0.15) is 5.10 Å². The molecular formula is C14H20N4O2S. The molecule has 2 aromatic rings. The van der Waals surface area contributed by atoms with E-state index in [1.165, 1.54) is 11.3 Å². The maximum atomic E-state index is 12.2. The van der Waals surface area contributed by atoms with Gasteiger partial charge in [-0.1, -0.05) is 13.8 Å². The smallest absolute Gasteiger partial charge is 0.271 e. The highest BCUT2D eigenvalue weighted by atomic mass is 32.1. The van der Waals surface area contributed by atoms with Crippen molar-refractivity contribution in [2.45, 2.75) is 26.3 Å². The summed E-state index contributed by atoms with van der Waals surface area (Å²) >= 11 is 1.42. The largest absolute Gasteiger partial charge is 0.396 e. The summed E-state index contributed by atoms with van der Waals surface area (Å²) in [6, 6.07) is -0.0500. The van der Waals surface area contributed by atoms with Crippen LogP contribution in [0.5, 0.6) is 0 Å². The monoisotopic (exact) mass is 308 g/mol. The van der Waals surface area contributed by atoms with Gasteiger partial charge in [0, 0.05) is 36.8 Å². The second-order valence-electron chi connectivity index (χ2n) is 5.28. The summed E-state index contributed by atoms with van der Waals surface area (Å²) in [5.74, 6) is 0.0612. The number of nitrogens with zero attached hydrogens (tertiary/aromatic N) is 3. The van der Waals surface area contributed by atoms with E-state index in [-0.39, 0.29) is 24.5 Å². The summed E-state index contributed by atoms with van der Waals surface area (Å²) < 4.78 is 1.70. The predicted molar refractivity (Wildman–Crippen MR) is 82.1 cm³/mol. The minimum atomic E-state index is -0.200. The van der Waals surface area contributed by atoms with Crippen LogP contribution in [0, 0.1) is 5.92 Å². The molecule has 6 nitrogen and oxygen atoms in total. The molecule has 1 atom stereocenters. The summed E-state index contributed by atoms with van der Waals surface area (Å²) in [6.45, 7) is 4.09. The molecule has 1 unspecified atom stereocenters.